The third-order valence-corrected chi connectivity index (χ3v) is 5.26. The van der Waals surface area contributed by atoms with Crippen LogP contribution in [-0.4, -0.2) is 46.5 Å². The van der Waals surface area contributed by atoms with E-state index >= 15 is 0 Å². The molecule has 7 nitrogen and oxygen atoms in total. The topological polar surface area (TPSA) is 71.8 Å². The molecule has 0 spiro atoms. The molecule has 2 aliphatic heterocycles. The van der Waals surface area contributed by atoms with Crippen molar-refractivity contribution in [1.82, 2.24) is 19.7 Å². The first-order valence-corrected chi connectivity index (χ1v) is 9.30. The van der Waals surface area contributed by atoms with E-state index in [4.69, 9.17) is 4.74 Å². The first-order valence-electron chi connectivity index (χ1n) is 9.30. The van der Waals surface area contributed by atoms with E-state index in [1.807, 2.05) is 48.0 Å². The van der Waals surface area contributed by atoms with E-state index in [9.17, 15) is 4.79 Å². The number of imidazole rings is 1. The van der Waals surface area contributed by atoms with E-state index in [-0.39, 0.29) is 5.97 Å². The van der Waals surface area contributed by atoms with Crippen LogP contribution in [-0.2, 0) is 11.2 Å². The Hall–Kier alpha value is -2.93. The standard InChI is InChI=1S/C20H21N5O2/c1-13-4-7-25-12-16(22-18(25)10-13)15-11-14-2-3-17(23-19(14)27-20(15)26)24-8-5-21-6-9-24/h2-4,7,10,12,15,21H,5-6,8-9,11H2,1H3. The van der Waals surface area contributed by atoms with Gasteiger partial charge in [-0.25, -0.2) is 4.98 Å². The number of anilines is 1. The number of pyridine rings is 2. The molecule has 27 heavy (non-hydrogen) atoms. The van der Waals surface area contributed by atoms with Gasteiger partial charge in [0.1, 0.15) is 17.4 Å². The van der Waals surface area contributed by atoms with Crippen LogP contribution in [0.2, 0.25) is 0 Å². The number of hydrogen-bond acceptors (Lipinski definition) is 6. The Morgan fingerprint density at radius 3 is 2.89 bits per heavy atom. The smallest absolute Gasteiger partial charge is 0.322 e. The van der Waals surface area contributed by atoms with Crippen LogP contribution < -0.4 is 15.0 Å². The second-order valence-corrected chi connectivity index (χ2v) is 7.18. The summed E-state index contributed by atoms with van der Waals surface area (Å²) < 4.78 is 7.55. The molecule has 1 unspecified atom stereocenters. The highest BCUT2D eigenvalue weighted by Gasteiger charge is 2.33. The van der Waals surface area contributed by atoms with Crippen molar-refractivity contribution >= 4 is 17.4 Å². The number of fused-ring (bicyclic) bond motifs is 2. The predicted octanol–water partition coefficient (Wildman–Crippen LogP) is 1.69. The van der Waals surface area contributed by atoms with Crippen molar-refractivity contribution in [1.29, 1.82) is 0 Å². The van der Waals surface area contributed by atoms with Crippen molar-refractivity contribution in [2.45, 2.75) is 19.3 Å². The van der Waals surface area contributed by atoms with E-state index in [0.29, 0.717) is 12.3 Å². The minimum Gasteiger partial charge on any atom is -0.407 e. The Kier molecular flexibility index (Phi) is 3.82. The van der Waals surface area contributed by atoms with Crippen molar-refractivity contribution < 1.29 is 9.53 Å². The van der Waals surface area contributed by atoms with Crippen LogP contribution in [0.5, 0.6) is 5.88 Å². The number of rotatable bonds is 2. The molecule has 0 radical (unpaired) electrons. The van der Waals surface area contributed by atoms with Crippen LogP contribution in [0.1, 0.15) is 22.7 Å². The number of carbonyl (C=O) groups is 1. The highest BCUT2D eigenvalue weighted by atomic mass is 16.5. The Bertz CT molecular complexity index is 1020. The normalized spacial score (nSPS) is 19.8. The van der Waals surface area contributed by atoms with Gasteiger partial charge in [0.25, 0.3) is 0 Å². The van der Waals surface area contributed by atoms with Crippen LogP contribution in [0.25, 0.3) is 5.65 Å². The fraction of sp³-hybridized carbons (Fsp3) is 0.350. The van der Waals surface area contributed by atoms with Crippen LogP contribution in [0, 0.1) is 6.92 Å². The van der Waals surface area contributed by atoms with Crippen molar-refractivity contribution in [3.8, 4) is 5.88 Å². The van der Waals surface area contributed by atoms with E-state index in [2.05, 4.69) is 20.2 Å². The molecule has 7 heteroatoms. The summed E-state index contributed by atoms with van der Waals surface area (Å²) in [7, 11) is 0. The summed E-state index contributed by atoms with van der Waals surface area (Å²) in [4.78, 5) is 24.1. The maximum atomic E-state index is 12.7. The van der Waals surface area contributed by atoms with Gasteiger partial charge in [0.05, 0.1) is 5.69 Å². The van der Waals surface area contributed by atoms with Gasteiger partial charge < -0.3 is 19.4 Å². The first-order chi connectivity index (χ1) is 13.2. The summed E-state index contributed by atoms with van der Waals surface area (Å²) in [5.74, 6) is 0.619. The highest BCUT2D eigenvalue weighted by molar-refractivity contribution is 5.82. The molecule has 3 aromatic heterocycles. The van der Waals surface area contributed by atoms with Gasteiger partial charge in [-0.2, -0.15) is 4.98 Å². The van der Waals surface area contributed by atoms with Crippen LogP contribution >= 0.6 is 0 Å². The molecule has 5 rings (SSSR count). The molecule has 1 N–H and O–H groups in total. The van der Waals surface area contributed by atoms with E-state index in [1.54, 1.807) is 0 Å². The van der Waals surface area contributed by atoms with Gasteiger partial charge >= 0.3 is 5.97 Å². The molecule has 0 amide bonds. The molecule has 0 aliphatic carbocycles. The lowest BCUT2D eigenvalue weighted by Gasteiger charge is -2.29. The quantitative estimate of drug-likeness (QED) is 0.699. The van der Waals surface area contributed by atoms with Crippen LogP contribution in [0.4, 0.5) is 5.82 Å². The fourth-order valence-electron chi connectivity index (χ4n) is 3.74. The number of ether oxygens (including phenoxy) is 1. The second kappa shape index (κ2) is 6.35. The largest absolute Gasteiger partial charge is 0.407 e. The molecule has 1 saturated heterocycles. The van der Waals surface area contributed by atoms with Crippen molar-refractivity contribution in [3.63, 3.8) is 0 Å². The van der Waals surface area contributed by atoms with Gasteiger partial charge in [-0.15, -0.1) is 0 Å². The van der Waals surface area contributed by atoms with E-state index in [0.717, 1.165) is 54.5 Å². The van der Waals surface area contributed by atoms with Gasteiger partial charge in [-0.1, -0.05) is 0 Å². The molecule has 2 aliphatic rings. The molecule has 0 saturated carbocycles. The molecule has 1 fully saturated rings. The number of carbonyl (C=O) groups excluding carboxylic acids is 1. The number of piperazine rings is 1. The lowest BCUT2D eigenvalue weighted by molar-refractivity contribution is -0.137. The Balaban J connectivity index is 1.44. The summed E-state index contributed by atoms with van der Waals surface area (Å²) in [6, 6.07) is 8.08. The number of nitrogens with one attached hydrogen (secondary N) is 1. The van der Waals surface area contributed by atoms with Crippen LogP contribution in [0.3, 0.4) is 0 Å². The third kappa shape index (κ3) is 2.94. The molecule has 5 heterocycles. The number of aromatic nitrogens is 3. The minimum atomic E-state index is -0.399. The SMILES string of the molecule is Cc1ccn2cc(C3Cc4ccc(N5CCNCC5)nc4OC3=O)nc2c1. The van der Waals surface area contributed by atoms with Gasteiger partial charge in [-0.3, -0.25) is 4.79 Å². The number of hydrogen-bond donors (Lipinski definition) is 1. The van der Waals surface area contributed by atoms with Crippen molar-refractivity contribution in [3.05, 3.63) is 53.5 Å². The van der Waals surface area contributed by atoms with Crippen LogP contribution in [0.15, 0.2) is 36.7 Å². The van der Waals surface area contributed by atoms with Crippen molar-refractivity contribution in [2.24, 2.45) is 0 Å². The van der Waals surface area contributed by atoms with E-state index in [1.165, 1.54) is 0 Å². The molecular formula is C20H21N5O2. The number of aryl methyl sites for hydroxylation is 1. The van der Waals surface area contributed by atoms with Gasteiger partial charge in [-0.05, 0) is 43.2 Å². The summed E-state index contributed by atoms with van der Waals surface area (Å²) in [5, 5.41) is 3.33. The Labute approximate surface area is 157 Å². The molecule has 0 aromatic carbocycles. The molecule has 138 valence electrons. The summed E-state index contributed by atoms with van der Waals surface area (Å²) >= 11 is 0. The fourth-order valence-corrected chi connectivity index (χ4v) is 3.74. The predicted molar refractivity (Wildman–Crippen MR) is 101 cm³/mol. The summed E-state index contributed by atoms with van der Waals surface area (Å²) in [6.07, 6.45) is 4.44. The molecular weight excluding hydrogens is 342 g/mol. The lowest BCUT2D eigenvalue weighted by Crippen LogP contribution is -2.44. The average Bonchev–Trinajstić information content (AvgIpc) is 3.10. The van der Waals surface area contributed by atoms with Gasteiger partial charge in [0, 0.05) is 44.1 Å². The number of nitrogens with zero attached hydrogens (tertiary/aromatic N) is 4. The zero-order chi connectivity index (χ0) is 18.4. The zero-order valence-corrected chi connectivity index (χ0v) is 15.2. The maximum Gasteiger partial charge on any atom is 0.322 e. The van der Waals surface area contributed by atoms with Crippen molar-refractivity contribution in [2.75, 3.05) is 31.1 Å². The maximum absolute atomic E-state index is 12.7. The Morgan fingerprint density at radius 2 is 2.04 bits per heavy atom. The second-order valence-electron chi connectivity index (χ2n) is 7.18. The monoisotopic (exact) mass is 363 g/mol. The highest BCUT2D eigenvalue weighted by Crippen LogP contribution is 2.33. The molecule has 0 bridgehead atoms. The number of esters is 1. The molecule has 3 aromatic rings. The first kappa shape index (κ1) is 16.3. The summed E-state index contributed by atoms with van der Waals surface area (Å²) in [5.41, 5.74) is 3.67. The minimum absolute atomic E-state index is 0.285. The average molecular weight is 363 g/mol. The summed E-state index contributed by atoms with van der Waals surface area (Å²) in [6.45, 7) is 5.72. The van der Waals surface area contributed by atoms with Gasteiger partial charge in [0.2, 0.25) is 5.88 Å². The van der Waals surface area contributed by atoms with Gasteiger partial charge in [0.15, 0.2) is 0 Å². The van der Waals surface area contributed by atoms with E-state index < -0.39 is 5.92 Å². The third-order valence-electron chi connectivity index (χ3n) is 5.26. The zero-order valence-electron chi connectivity index (χ0n) is 15.2. The Morgan fingerprint density at radius 1 is 1.19 bits per heavy atom. The molecule has 1 atom stereocenters. The lowest BCUT2D eigenvalue weighted by atomic mass is 9.95.